The first-order valence-corrected chi connectivity index (χ1v) is 12.0. The second-order valence-electron chi connectivity index (χ2n) is 7.37. The minimum absolute atomic E-state index is 0.0390. The Kier molecular flexibility index (Phi) is 6.68. The van der Waals surface area contributed by atoms with Crippen molar-refractivity contribution >= 4 is 26.8 Å². The van der Waals surface area contributed by atoms with E-state index in [4.69, 9.17) is 10.5 Å². The van der Waals surface area contributed by atoms with E-state index in [1.54, 1.807) is 20.9 Å². The fourth-order valence-corrected chi connectivity index (χ4v) is 5.28. The normalized spacial score (nSPS) is 12.8. The summed E-state index contributed by atoms with van der Waals surface area (Å²) in [6, 6.07) is 4.20. The number of aryl methyl sites for hydroxylation is 2. The second kappa shape index (κ2) is 9.11. The number of ether oxygens (including phenoxy) is 1. The third-order valence-corrected chi connectivity index (χ3v) is 7.37. The molecule has 0 saturated carbocycles. The van der Waals surface area contributed by atoms with Crippen molar-refractivity contribution in [1.82, 2.24) is 19.7 Å². The van der Waals surface area contributed by atoms with E-state index in [9.17, 15) is 18.0 Å². The third kappa shape index (κ3) is 4.12. The average molecular weight is 462 g/mol. The number of nitrogens with two attached hydrogens (primary N) is 1. The minimum Gasteiger partial charge on any atom is -0.493 e. The number of H-pyrrole nitrogens is 1. The van der Waals surface area contributed by atoms with Gasteiger partial charge in [-0.15, -0.1) is 0 Å². The van der Waals surface area contributed by atoms with Crippen molar-refractivity contribution in [2.24, 2.45) is 12.8 Å². The van der Waals surface area contributed by atoms with Crippen LogP contribution in [0.15, 0.2) is 27.9 Å². The maximum absolute atomic E-state index is 13.0. The SMILES string of the molecule is CCCc1nn(C)c2c(=O)[nH]c(-c3cc(S(=O)(=O)C(CC)C(N)=O)ccc3OCC)nc12. The van der Waals surface area contributed by atoms with Gasteiger partial charge in [0.05, 0.1) is 22.8 Å². The number of nitrogens with zero attached hydrogens (tertiary/aromatic N) is 3. The number of carbonyl (C=O) groups excluding carboxylic acids is 1. The molecule has 0 spiro atoms. The number of carbonyl (C=O) groups is 1. The summed E-state index contributed by atoms with van der Waals surface area (Å²) in [5, 5.41) is 3.04. The van der Waals surface area contributed by atoms with Gasteiger partial charge in [-0.05, 0) is 38.0 Å². The molecule has 3 rings (SSSR count). The van der Waals surface area contributed by atoms with Crippen LogP contribution >= 0.6 is 0 Å². The minimum atomic E-state index is -4.04. The zero-order chi connectivity index (χ0) is 23.6. The first-order valence-electron chi connectivity index (χ1n) is 10.4. The molecule has 3 aromatic rings. The van der Waals surface area contributed by atoms with Crippen molar-refractivity contribution in [1.29, 1.82) is 0 Å². The maximum Gasteiger partial charge on any atom is 0.277 e. The highest BCUT2D eigenvalue weighted by molar-refractivity contribution is 7.92. The van der Waals surface area contributed by atoms with Gasteiger partial charge in [-0.2, -0.15) is 5.10 Å². The van der Waals surface area contributed by atoms with Crippen LogP contribution in [0.3, 0.4) is 0 Å². The first-order chi connectivity index (χ1) is 15.1. The van der Waals surface area contributed by atoms with Crippen molar-refractivity contribution in [3.63, 3.8) is 0 Å². The number of hydrogen-bond donors (Lipinski definition) is 2. The van der Waals surface area contributed by atoms with Gasteiger partial charge in [-0.25, -0.2) is 13.4 Å². The van der Waals surface area contributed by atoms with E-state index >= 15 is 0 Å². The Labute approximate surface area is 185 Å². The number of benzene rings is 1. The van der Waals surface area contributed by atoms with Crippen LogP contribution in [0.1, 0.15) is 39.3 Å². The van der Waals surface area contributed by atoms with Gasteiger partial charge in [0, 0.05) is 7.05 Å². The number of rotatable bonds is 9. The number of fused-ring (bicyclic) bond motifs is 1. The number of amides is 1. The fourth-order valence-electron chi connectivity index (χ4n) is 3.67. The number of aromatic nitrogens is 4. The summed E-state index contributed by atoms with van der Waals surface area (Å²) in [7, 11) is -2.37. The molecule has 0 saturated heterocycles. The Bertz CT molecular complexity index is 1330. The highest BCUT2D eigenvalue weighted by Gasteiger charge is 2.32. The van der Waals surface area contributed by atoms with Crippen LogP contribution in [0.2, 0.25) is 0 Å². The van der Waals surface area contributed by atoms with Gasteiger partial charge in [0.15, 0.2) is 15.4 Å². The Balaban J connectivity index is 2.28. The predicted octanol–water partition coefficient (Wildman–Crippen LogP) is 1.71. The number of hydrogen-bond acceptors (Lipinski definition) is 7. The highest BCUT2D eigenvalue weighted by Crippen LogP contribution is 2.32. The van der Waals surface area contributed by atoms with E-state index in [1.165, 1.54) is 22.9 Å². The molecule has 11 heteroatoms. The van der Waals surface area contributed by atoms with Crippen molar-refractivity contribution in [2.45, 2.75) is 50.2 Å². The molecular weight excluding hydrogens is 434 g/mol. The zero-order valence-electron chi connectivity index (χ0n) is 18.5. The maximum atomic E-state index is 13.0. The molecule has 2 heterocycles. The molecule has 0 aliphatic carbocycles. The number of nitrogens with one attached hydrogen (secondary N) is 1. The zero-order valence-corrected chi connectivity index (χ0v) is 19.3. The summed E-state index contributed by atoms with van der Waals surface area (Å²) in [4.78, 5) is 31.8. The van der Waals surface area contributed by atoms with Gasteiger partial charge in [-0.1, -0.05) is 20.3 Å². The average Bonchev–Trinajstić information content (AvgIpc) is 3.04. The predicted molar refractivity (Wildman–Crippen MR) is 120 cm³/mol. The molecule has 32 heavy (non-hydrogen) atoms. The van der Waals surface area contributed by atoms with Gasteiger partial charge in [0.1, 0.15) is 22.3 Å². The van der Waals surface area contributed by atoms with Crippen LogP contribution in [-0.4, -0.2) is 45.9 Å². The van der Waals surface area contributed by atoms with Gasteiger partial charge in [-0.3, -0.25) is 14.3 Å². The molecule has 2 aromatic heterocycles. The number of sulfone groups is 1. The van der Waals surface area contributed by atoms with Gasteiger partial charge >= 0.3 is 0 Å². The lowest BCUT2D eigenvalue weighted by Gasteiger charge is -2.15. The van der Waals surface area contributed by atoms with E-state index in [2.05, 4.69) is 15.1 Å². The van der Waals surface area contributed by atoms with Gasteiger partial charge in [0.25, 0.3) is 5.56 Å². The first kappa shape index (κ1) is 23.5. The van der Waals surface area contributed by atoms with Crippen LogP contribution in [0.25, 0.3) is 22.4 Å². The quantitative estimate of drug-likeness (QED) is 0.492. The van der Waals surface area contributed by atoms with Crippen molar-refractivity contribution in [3.8, 4) is 17.1 Å². The van der Waals surface area contributed by atoms with Crippen LogP contribution in [0, 0.1) is 0 Å². The molecule has 0 fully saturated rings. The third-order valence-electron chi connectivity index (χ3n) is 5.15. The van der Waals surface area contributed by atoms with E-state index in [0.29, 0.717) is 35.5 Å². The van der Waals surface area contributed by atoms with Crippen molar-refractivity contribution in [3.05, 3.63) is 34.2 Å². The molecule has 0 bridgehead atoms. The van der Waals surface area contributed by atoms with Crippen LogP contribution < -0.4 is 16.0 Å². The summed E-state index contributed by atoms with van der Waals surface area (Å²) in [6.45, 7) is 5.68. The van der Waals surface area contributed by atoms with E-state index < -0.39 is 26.6 Å². The van der Waals surface area contributed by atoms with Crippen LogP contribution in [-0.2, 0) is 28.1 Å². The molecule has 172 valence electrons. The highest BCUT2D eigenvalue weighted by atomic mass is 32.2. The monoisotopic (exact) mass is 461 g/mol. The lowest BCUT2D eigenvalue weighted by Crippen LogP contribution is -2.35. The van der Waals surface area contributed by atoms with Crippen LogP contribution in [0.5, 0.6) is 5.75 Å². The standard InChI is InChI=1S/C21H27N5O5S/c1-5-8-14-17-18(26(4)25-14)21(28)24-20(23-17)13-11-12(9-10-15(13)31-7-3)32(29,30)16(6-2)19(22)27/h9-11,16H,5-8H2,1-4H3,(H2,22,27)(H,23,24,28). The largest absolute Gasteiger partial charge is 0.493 e. The summed E-state index contributed by atoms with van der Waals surface area (Å²) in [5.74, 6) is -0.419. The van der Waals surface area contributed by atoms with Gasteiger partial charge < -0.3 is 15.5 Å². The molecule has 3 N–H and O–H groups in total. The molecular formula is C21H27N5O5S. The topological polar surface area (TPSA) is 150 Å². The smallest absolute Gasteiger partial charge is 0.277 e. The number of aromatic amines is 1. The van der Waals surface area contributed by atoms with Crippen molar-refractivity contribution in [2.75, 3.05) is 6.61 Å². The van der Waals surface area contributed by atoms with Gasteiger partial charge in [0.2, 0.25) is 5.91 Å². The summed E-state index contributed by atoms with van der Waals surface area (Å²) < 4.78 is 33.2. The summed E-state index contributed by atoms with van der Waals surface area (Å²) in [5.41, 5.74) is 6.67. The molecule has 0 radical (unpaired) electrons. The molecule has 10 nitrogen and oxygen atoms in total. The molecule has 1 unspecified atom stereocenters. The Morgan fingerprint density at radius 1 is 1.28 bits per heavy atom. The number of primary amides is 1. The molecule has 0 aliphatic heterocycles. The Hall–Kier alpha value is -3.21. The van der Waals surface area contributed by atoms with E-state index in [-0.39, 0.29) is 22.7 Å². The summed E-state index contributed by atoms with van der Waals surface area (Å²) in [6.07, 6.45) is 1.49. The van der Waals surface area contributed by atoms with Crippen LogP contribution in [0.4, 0.5) is 0 Å². The molecule has 1 atom stereocenters. The molecule has 1 aromatic carbocycles. The lowest BCUT2D eigenvalue weighted by molar-refractivity contribution is -0.117. The molecule has 0 aliphatic rings. The Morgan fingerprint density at radius 2 is 2.00 bits per heavy atom. The molecule has 1 amide bonds. The lowest BCUT2D eigenvalue weighted by atomic mass is 10.1. The fraction of sp³-hybridized carbons (Fsp3) is 0.429. The Morgan fingerprint density at radius 3 is 2.59 bits per heavy atom. The second-order valence-corrected chi connectivity index (χ2v) is 9.50. The van der Waals surface area contributed by atoms with E-state index in [1.807, 2.05) is 6.92 Å². The summed E-state index contributed by atoms with van der Waals surface area (Å²) >= 11 is 0. The van der Waals surface area contributed by atoms with Crippen molar-refractivity contribution < 1.29 is 17.9 Å². The van der Waals surface area contributed by atoms with E-state index in [0.717, 1.165) is 6.42 Å².